The van der Waals surface area contributed by atoms with Crippen molar-refractivity contribution in [3.05, 3.63) is 29.3 Å². The zero-order valence-electron chi connectivity index (χ0n) is 15.4. The van der Waals surface area contributed by atoms with Crippen LogP contribution in [0.1, 0.15) is 20.7 Å². The second kappa shape index (κ2) is 11.6. The number of aliphatic hydroxyl groups is 4. The highest BCUT2D eigenvalue weighted by Gasteiger charge is 2.15. The minimum atomic E-state index is -1.15. The molecule has 0 radical (unpaired) electrons. The van der Waals surface area contributed by atoms with Crippen LogP contribution < -0.4 is 27.8 Å². The molecule has 0 saturated carbocycles. The van der Waals surface area contributed by atoms with Crippen LogP contribution in [0.15, 0.2) is 28.2 Å². The van der Waals surface area contributed by atoms with E-state index < -0.39 is 37.2 Å². The van der Waals surface area contributed by atoms with Gasteiger partial charge in [-0.1, -0.05) is 0 Å². The second-order valence-corrected chi connectivity index (χ2v) is 5.87. The number of hydrogen-bond donors (Lipinski definition) is 9. The summed E-state index contributed by atoms with van der Waals surface area (Å²) in [4.78, 5) is 32.1. The van der Waals surface area contributed by atoms with E-state index in [1.165, 1.54) is 18.2 Å². The molecule has 160 valence electrons. The smallest absolute Gasteiger partial charge is 0.251 e. The van der Waals surface area contributed by atoms with Crippen LogP contribution in [0.25, 0.3) is 0 Å². The molecular formula is C16H25N7O6. The van der Waals surface area contributed by atoms with E-state index in [9.17, 15) is 19.8 Å². The van der Waals surface area contributed by atoms with Gasteiger partial charge in [0.2, 0.25) is 5.96 Å². The molecule has 2 unspecified atom stereocenters. The quantitative estimate of drug-likeness (QED) is 0.142. The molecule has 0 aromatic heterocycles. The van der Waals surface area contributed by atoms with Crippen LogP contribution in [0.4, 0.5) is 5.69 Å². The van der Waals surface area contributed by atoms with Crippen molar-refractivity contribution < 1.29 is 30.0 Å². The van der Waals surface area contributed by atoms with Gasteiger partial charge in [0.05, 0.1) is 31.1 Å². The number of carbonyl (C=O) groups is 2. The Labute approximate surface area is 165 Å². The van der Waals surface area contributed by atoms with Crippen molar-refractivity contribution in [1.82, 2.24) is 10.6 Å². The predicted molar refractivity (Wildman–Crippen MR) is 104 cm³/mol. The largest absolute Gasteiger partial charge is 0.394 e. The molecule has 2 atom stereocenters. The highest BCUT2D eigenvalue weighted by Crippen LogP contribution is 2.18. The normalized spacial score (nSPS) is 13.3. The summed E-state index contributed by atoms with van der Waals surface area (Å²) >= 11 is 0. The molecule has 13 heteroatoms. The molecule has 0 aliphatic heterocycles. The fourth-order valence-electron chi connectivity index (χ4n) is 1.98. The van der Waals surface area contributed by atoms with Crippen LogP contribution in [0.2, 0.25) is 0 Å². The number of hydrogen-bond acceptors (Lipinski definition) is 7. The van der Waals surface area contributed by atoms with Crippen LogP contribution in [-0.4, -0.2) is 82.7 Å². The molecule has 29 heavy (non-hydrogen) atoms. The highest BCUT2D eigenvalue weighted by atomic mass is 16.3. The molecule has 13 nitrogen and oxygen atoms in total. The monoisotopic (exact) mass is 411 g/mol. The molecule has 0 aliphatic rings. The fraction of sp³-hybridized carbons (Fsp3) is 0.375. The van der Waals surface area contributed by atoms with E-state index in [0.29, 0.717) is 0 Å². The average Bonchev–Trinajstić information content (AvgIpc) is 2.68. The summed E-state index contributed by atoms with van der Waals surface area (Å²) in [6, 6.07) is 3.85. The number of rotatable bonds is 9. The first-order valence-corrected chi connectivity index (χ1v) is 8.39. The maximum absolute atomic E-state index is 12.3. The first-order valence-electron chi connectivity index (χ1n) is 8.39. The lowest BCUT2D eigenvalue weighted by atomic mass is 10.1. The molecular weight excluding hydrogens is 386 g/mol. The van der Waals surface area contributed by atoms with Gasteiger partial charge in [-0.2, -0.15) is 4.99 Å². The Morgan fingerprint density at radius 3 is 1.72 bits per heavy atom. The molecule has 1 aromatic rings. The van der Waals surface area contributed by atoms with Crippen molar-refractivity contribution in [3.8, 4) is 0 Å². The Morgan fingerprint density at radius 2 is 1.34 bits per heavy atom. The van der Waals surface area contributed by atoms with Crippen molar-refractivity contribution in [2.24, 2.45) is 27.2 Å². The van der Waals surface area contributed by atoms with E-state index in [-0.39, 0.29) is 41.8 Å². The molecule has 0 bridgehead atoms. The lowest BCUT2D eigenvalue weighted by Crippen LogP contribution is -2.35. The molecule has 2 amide bonds. The lowest BCUT2D eigenvalue weighted by Gasteiger charge is -2.12. The van der Waals surface area contributed by atoms with E-state index in [1.807, 2.05) is 0 Å². The van der Waals surface area contributed by atoms with Crippen LogP contribution in [0, 0.1) is 0 Å². The molecule has 1 aromatic carbocycles. The summed E-state index contributed by atoms with van der Waals surface area (Å²) in [6.45, 7) is -1.52. The third-order valence-electron chi connectivity index (χ3n) is 3.35. The summed E-state index contributed by atoms with van der Waals surface area (Å²) in [6.07, 6.45) is -2.30. The van der Waals surface area contributed by atoms with Crippen molar-refractivity contribution >= 4 is 29.4 Å². The minimum Gasteiger partial charge on any atom is -0.394 e. The van der Waals surface area contributed by atoms with Crippen LogP contribution in [0.5, 0.6) is 0 Å². The van der Waals surface area contributed by atoms with Gasteiger partial charge in [-0.05, 0) is 18.2 Å². The summed E-state index contributed by atoms with van der Waals surface area (Å²) in [7, 11) is 0. The maximum atomic E-state index is 12.3. The number of benzene rings is 1. The molecule has 0 aliphatic carbocycles. The first kappa shape index (κ1) is 23.8. The number of nitrogens with two attached hydrogens (primary N) is 3. The number of amides is 2. The van der Waals surface area contributed by atoms with E-state index in [2.05, 4.69) is 20.6 Å². The van der Waals surface area contributed by atoms with E-state index >= 15 is 0 Å². The van der Waals surface area contributed by atoms with Crippen molar-refractivity contribution in [1.29, 1.82) is 0 Å². The Hall–Kier alpha value is -3.26. The van der Waals surface area contributed by atoms with Gasteiger partial charge >= 0.3 is 0 Å². The van der Waals surface area contributed by atoms with Gasteiger partial charge in [0.1, 0.15) is 0 Å². The molecule has 12 N–H and O–H groups in total. The lowest BCUT2D eigenvalue weighted by molar-refractivity contribution is 0.0800. The number of carbonyl (C=O) groups excluding carboxylic acids is 2. The molecule has 0 fully saturated rings. The third-order valence-corrected chi connectivity index (χ3v) is 3.35. The van der Waals surface area contributed by atoms with Gasteiger partial charge in [0.25, 0.3) is 11.8 Å². The SMILES string of the molecule is NC(N)=NC(N)=Nc1cc(C(=O)NCC(O)CO)cc(C(=O)NCC(O)CO)c1. The average molecular weight is 411 g/mol. The van der Waals surface area contributed by atoms with Gasteiger partial charge in [-0.25, -0.2) is 4.99 Å². The standard InChI is InChI=1S/C16H25N7O6/c17-15(18)23-16(19)22-10-2-8(13(28)20-4-11(26)6-24)1-9(3-10)14(29)21-5-12(27)7-25/h1-3,11-12,24-27H,4-7H2,(H,20,28)(H,21,29)(H6,17,18,19,22,23). The van der Waals surface area contributed by atoms with E-state index in [0.717, 1.165) is 0 Å². The second-order valence-electron chi connectivity index (χ2n) is 5.87. The van der Waals surface area contributed by atoms with Crippen molar-refractivity contribution in [2.75, 3.05) is 26.3 Å². The number of aliphatic imine (C=N–C) groups is 2. The molecule has 0 spiro atoms. The van der Waals surface area contributed by atoms with Crippen molar-refractivity contribution in [3.63, 3.8) is 0 Å². The first-order chi connectivity index (χ1) is 13.7. The Morgan fingerprint density at radius 1 is 0.897 bits per heavy atom. The van der Waals surface area contributed by atoms with E-state index in [1.54, 1.807) is 0 Å². The molecule has 0 heterocycles. The summed E-state index contributed by atoms with van der Waals surface area (Å²) < 4.78 is 0. The molecule has 1 rings (SSSR count). The van der Waals surface area contributed by atoms with Gasteiger partial charge in [-0.3, -0.25) is 9.59 Å². The van der Waals surface area contributed by atoms with Crippen LogP contribution in [-0.2, 0) is 0 Å². The summed E-state index contributed by atoms with van der Waals surface area (Å²) in [5.74, 6) is -1.96. The van der Waals surface area contributed by atoms with Gasteiger partial charge in [-0.15, -0.1) is 0 Å². The summed E-state index contributed by atoms with van der Waals surface area (Å²) in [5, 5.41) is 41.1. The molecule has 0 saturated heterocycles. The van der Waals surface area contributed by atoms with Gasteiger partial charge in [0.15, 0.2) is 5.96 Å². The number of nitrogens with zero attached hydrogens (tertiary/aromatic N) is 2. The number of nitrogens with one attached hydrogen (secondary N) is 2. The van der Waals surface area contributed by atoms with Crippen LogP contribution >= 0.6 is 0 Å². The number of aliphatic hydroxyl groups excluding tert-OH is 4. The summed E-state index contributed by atoms with van der Waals surface area (Å²) in [5.41, 5.74) is 16.1. The highest BCUT2D eigenvalue weighted by molar-refractivity contribution is 6.01. The van der Waals surface area contributed by atoms with E-state index in [4.69, 9.17) is 27.4 Å². The fourth-order valence-corrected chi connectivity index (χ4v) is 1.98. The van der Waals surface area contributed by atoms with Gasteiger partial charge in [0, 0.05) is 24.2 Å². The maximum Gasteiger partial charge on any atom is 0.251 e. The zero-order chi connectivity index (χ0) is 22.0. The minimum absolute atomic E-state index is 0.00162. The van der Waals surface area contributed by atoms with Crippen LogP contribution in [0.3, 0.4) is 0 Å². The predicted octanol–water partition coefficient (Wildman–Crippen LogP) is -3.93. The Balaban J connectivity index is 3.19. The Bertz CT molecular complexity index is 735. The Kier molecular flexibility index (Phi) is 9.47. The third kappa shape index (κ3) is 8.52. The zero-order valence-corrected chi connectivity index (χ0v) is 15.4. The number of guanidine groups is 2. The van der Waals surface area contributed by atoms with Gasteiger partial charge < -0.3 is 48.3 Å². The topological polar surface area (TPSA) is 242 Å². The van der Waals surface area contributed by atoms with Crippen molar-refractivity contribution in [2.45, 2.75) is 12.2 Å².